The zero-order valence-corrected chi connectivity index (χ0v) is 10.3. The van der Waals surface area contributed by atoms with Gasteiger partial charge in [0.15, 0.2) is 0 Å². The molecule has 2 amide bonds. The van der Waals surface area contributed by atoms with Gasteiger partial charge in [0.25, 0.3) is 0 Å². The maximum Gasteiger partial charge on any atom is 0.373 e. The number of hydrogen-bond donors (Lipinski definition) is 4. The number of hydrogen-bond acceptors (Lipinski definition) is 5. The molecule has 0 spiro atoms. The Kier molecular flexibility index (Phi) is 12.0. The average molecular weight is 276 g/mol. The minimum atomic E-state index is -1.24. The van der Waals surface area contributed by atoms with Crippen molar-refractivity contribution in [3.05, 3.63) is 0 Å². The molecular weight excluding hydrogens is 260 g/mol. The fourth-order valence-electron chi connectivity index (χ4n) is 0.973. The van der Waals surface area contributed by atoms with E-state index in [0.29, 0.717) is 6.54 Å². The lowest BCUT2D eigenvalue weighted by Crippen LogP contribution is -2.46. The maximum atomic E-state index is 11.1. The molecule has 9 heteroatoms. The van der Waals surface area contributed by atoms with Gasteiger partial charge in [-0.15, -0.1) is 0 Å². The van der Waals surface area contributed by atoms with Crippen LogP contribution in [0.1, 0.15) is 26.2 Å². The fraction of sp³-hybridized carbons (Fsp3) is 0.600. The summed E-state index contributed by atoms with van der Waals surface area (Å²) in [5.74, 6) is -2.34. The topological polar surface area (TPSA) is 150 Å². The predicted molar refractivity (Wildman–Crippen MR) is 60.1 cm³/mol. The zero-order chi connectivity index (χ0) is 15.3. The molecule has 1 atom stereocenters. The molecule has 0 fully saturated rings. The van der Waals surface area contributed by atoms with E-state index in [-0.39, 0.29) is 19.0 Å². The fourth-order valence-corrected chi connectivity index (χ4v) is 0.973. The van der Waals surface area contributed by atoms with Crippen LogP contribution in [0, 0.1) is 0 Å². The van der Waals surface area contributed by atoms with Crippen LogP contribution in [0.5, 0.6) is 0 Å². The Morgan fingerprint density at radius 3 is 2.11 bits per heavy atom. The highest BCUT2D eigenvalue weighted by molar-refractivity contribution is 5.82. The van der Waals surface area contributed by atoms with Crippen LogP contribution >= 0.6 is 0 Å². The lowest BCUT2D eigenvalue weighted by Gasteiger charge is -2.13. The van der Waals surface area contributed by atoms with Crippen LogP contribution in [-0.2, 0) is 19.2 Å². The van der Waals surface area contributed by atoms with Gasteiger partial charge in [0, 0.05) is 13.0 Å². The molecule has 0 aliphatic heterocycles. The molecule has 0 bridgehead atoms. The van der Waals surface area contributed by atoms with Crippen molar-refractivity contribution < 1.29 is 34.2 Å². The van der Waals surface area contributed by atoms with E-state index >= 15 is 0 Å². The van der Waals surface area contributed by atoms with Crippen molar-refractivity contribution in [2.75, 3.05) is 6.54 Å². The number of nitrogens with one attached hydrogen (secondary N) is 2. The second-order valence-corrected chi connectivity index (χ2v) is 3.31. The minimum absolute atomic E-state index is 0.135. The molecule has 0 aliphatic carbocycles. The van der Waals surface area contributed by atoms with Gasteiger partial charge in [0.2, 0.25) is 0 Å². The van der Waals surface area contributed by atoms with Gasteiger partial charge in [-0.25, -0.2) is 9.59 Å². The summed E-state index contributed by atoms with van der Waals surface area (Å²) in [6, 6.07) is -1.77. The number of aliphatic carboxylic acids is 2. The standard InChI is InChI=1S/C9H16N2O5.CO2/c1-2-5-10-9(16)11-6(8(14)15)3-4-7(12)13;2-1-3/h6H,2-5H2,1H3,(H,12,13)(H,14,15)(H2,10,11,16);/t6-;/m0./s1. The van der Waals surface area contributed by atoms with Gasteiger partial charge in [-0.1, -0.05) is 6.92 Å². The first kappa shape index (κ1) is 18.9. The number of amides is 2. The molecule has 0 aromatic heterocycles. The first-order valence-corrected chi connectivity index (χ1v) is 5.37. The lowest BCUT2D eigenvalue weighted by molar-refractivity contribution is -0.191. The van der Waals surface area contributed by atoms with Gasteiger partial charge < -0.3 is 20.8 Å². The van der Waals surface area contributed by atoms with E-state index in [1.54, 1.807) is 0 Å². The van der Waals surface area contributed by atoms with Gasteiger partial charge in [-0.05, 0) is 12.8 Å². The van der Waals surface area contributed by atoms with E-state index in [4.69, 9.17) is 19.8 Å². The van der Waals surface area contributed by atoms with Crippen LogP contribution in [0.2, 0.25) is 0 Å². The lowest BCUT2D eigenvalue weighted by atomic mass is 10.1. The highest BCUT2D eigenvalue weighted by Gasteiger charge is 2.20. The second-order valence-electron chi connectivity index (χ2n) is 3.31. The Morgan fingerprint density at radius 1 is 1.21 bits per heavy atom. The Balaban J connectivity index is 0. The number of carboxylic acids is 2. The minimum Gasteiger partial charge on any atom is -0.481 e. The van der Waals surface area contributed by atoms with Gasteiger partial charge in [0.05, 0.1) is 0 Å². The monoisotopic (exact) mass is 276 g/mol. The van der Waals surface area contributed by atoms with Crippen molar-refractivity contribution >= 4 is 24.1 Å². The molecule has 0 unspecified atom stereocenters. The van der Waals surface area contributed by atoms with E-state index in [0.717, 1.165) is 6.42 Å². The summed E-state index contributed by atoms with van der Waals surface area (Å²) in [5, 5.41) is 21.8. The van der Waals surface area contributed by atoms with Crippen LogP contribution in [0.15, 0.2) is 0 Å². The third kappa shape index (κ3) is 13.5. The molecule has 108 valence electrons. The number of carbonyl (C=O) groups excluding carboxylic acids is 3. The summed E-state index contributed by atoms with van der Waals surface area (Å²) in [7, 11) is 0. The summed E-state index contributed by atoms with van der Waals surface area (Å²) < 4.78 is 0. The number of rotatable bonds is 7. The molecule has 0 saturated heterocycles. The summed E-state index contributed by atoms with van der Waals surface area (Å²) in [6.45, 7) is 2.30. The number of carbonyl (C=O) groups is 3. The molecule has 0 aromatic rings. The number of urea groups is 1. The highest BCUT2D eigenvalue weighted by Crippen LogP contribution is 1.97. The normalized spacial score (nSPS) is 10.2. The van der Waals surface area contributed by atoms with Crippen molar-refractivity contribution in [3.8, 4) is 0 Å². The van der Waals surface area contributed by atoms with Crippen molar-refractivity contribution in [1.82, 2.24) is 10.6 Å². The molecule has 0 radical (unpaired) electrons. The van der Waals surface area contributed by atoms with Crippen LogP contribution in [0.3, 0.4) is 0 Å². The molecule has 0 heterocycles. The van der Waals surface area contributed by atoms with E-state index in [1.165, 1.54) is 0 Å². The Hall–Kier alpha value is -2.41. The number of carboxylic acid groups (broad SMARTS) is 2. The van der Waals surface area contributed by atoms with Crippen molar-refractivity contribution in [3.63, 3.8) is 0 Å². The smallest absolute Gasteiger partial charge is 0.373 e. The van der Waals surface area contributed by atoms with Crippen LogP contribution < -0.4 is 10.6 Å². The zero-order valence-electron chi connectivity index (χ0n) is 10.3. The van der Waals surface area contributed by atoms with Gasteiger partial charge >= 0.3 is 24.1 Å². The highest BCUT2D eigenvalue weighted by atomic mass is 16.4. The third-order valence-corrected chi connectivity index (χ3v) is 1.79. The predicted octanol–water partition coefficient (Wildman–Crippen LogP) is -0.570. The first-order chi connectivity index (χ1) is 8.88. The molecule has 0 aromatic carbocycles. The summed E-state index contributed by atoms with van der Waals surface area (Å²) >= 11 is 0. The molecule has 4 N–H and O–H groups in total. The van der Waals surface area contributed by atoms with Gasteiger partial charge in [-0.2, -0.15) is 9.59 Å². The van der Waals surface area contributed by atoms with E-state index in [1.807, 2.05) is 6.92 Å². The van der Waals surface area contributed by atoms with Gasteiger partial charge in [-0.3, -0.25) is 4.79 Å². The molecule has 9 nitrogen and oxygen atoms in total. The van der Waals surface area contributed by atoms with Crippen LogP contribution in [0.25, 0.3) is 0 Å². The van der Waals surface area contributed by atoms with E-state index < -0.39 is 24.0 Å². The largest absolute Gasteiger partial charge is 0.481 e. The van der Waals surface area contributed by atoms with E-state index in [2.05, 4.69) is 10.6 Å². The van der Waals surface area contributed by atoms with Crippen molar-refractivity contribution in [2.45, 2.75) is 32.2 Å². The molecule has 0 aliphatic rings. The molecule has 0 saturated carbocycles. The third-order valence-electron chi connectivity index (χ3n) is 1.79. The SMILES string of the molecule is CCCNC(=O)N[C@@H](CCC(=O)O)C(=O)O.O=C=O. The molecule has 19 heavy (non-hydrogen) atoms. The maximum absolute atomic E-state index is 11.1. The van der Waals surface area contributed by atoms with Crippen LogP contribution in [-0.4, -0.2) is 46.9 Å². The average Bonchev–Trinajstić information content (AvgIpc) is 2.32. The Labute approximate surface area is 109 Å². The summed E-state index contributed by atoms with van der Waals surface area (Å²) in [4.78, 5) is 48.3. The summed E-state index contributed by atoms with van der Waals surface area (Å²) in [6.07, 6.45) is 0.551. The second kappa shape index (κ2) is 12.1. The van der Waals surface area contributed by atoms with Crippen molar-refractivity contribution in [2.24, 2.45) is 0 Å². The molecule has 0 rings (SSSR count). The first-order valence-electron chi connectivity index (χ1n) is 5.37. The Bertz CT molecular complexity index is 337. The quantitative estimate of drug-likeness (QED) is 0.486. The van der Waals surface area contributed by atoms with Gasteiger partial charge in [0.1, 0.15) is 6.04 Å². The molecular formula is C10H16N2O7. The van der Waals surface area contributed by atoms with Crippen LogP contribution in [0.4, 0.5) is 4.79 Å². The summed E-state index contributed by atoms with van der Waals surface area (Å²) in [5.41, 5.74) is 0. The Morgan fingerprint density at radius 2 is 1.74 bits per heavy atom. The van der Waals surface area contributed by atoms with Crippen molar-refractivity contribution in [1.29, 1.82) is 0 Å². The van der Waals surface area contributed by atoms with E-state index in [9.17, 15) is 14.4 Å².